The van der Waals surface area contributed by atoms with E-state index in [2.05, 4.69) is 4.98 Å². The zero-order valence-electron chi connectivity index (χ0n) is 13.6. The molecule has 0 bridgehead atoms. The van der Waals surface area contributed by atoms with Gasteiger partial charge >= 0.3 is 0 Å². The Balaban J connectivity index is 2.20. The van der Waals surface area contributed by atoms with Gasteiger partial charge in [-0.2, -0.15) is 5.26 Å². The number of allylic oxidation sites excluding steroid dienone is 4. The molecule has 8 heteroatoms. The molecule has 5 nitrogen and oxygen atoms in total. The predicted octanol–water partition coefficient (Wildman–Crippen LogP) is 4.49. The maximum Gasteiger partial charge on any atom is 0.171 e. The average Bonchev–Trinajstić information content (AvgIpc) is 2.98. The van der Waals surface area contributed by atoms with Gasteiger partial charge in [0.2, 0.25) is 0 Å². The normalized spacial score (nSPS) is 14.0. The van der Waals surface area contributed by atoms with Crippen molar-refractivity contribution in [2.24, 2.45) is 0 Å². The van der Waals surface area contributed by atoms with Gasteiger partial charge in [-0.15, -0.1) is 0 Å². The number of hydrogen-bond acceptors (Lipinski definition) is 4. The third-order valence-corrected chi connectivity index (χ3v) is 4.37. The van der Waals surface area contributed by atoms with Crippen molar-refractivity contribution in [3.05, 3.63) is 58.1 Å². The summed E-state index contributed by atoms with van der Waals surface area (Å²) in [5.74, 6) is -0.885. The molecule has 132 valence electrons. The molecule has 1 aromatic carbocycles. The summed E-state index contributed by atoms with van der Waals surface area (Å²) in [6.45, 7) is 0. The van der Waals surface area contributed by atoms with Crippen LogP contribution in [0.5, 0.6) is 0 Å². The van der Waals surface area contributed by atoms with Gasteiger partial charge in [-0.05, 0) is 30.7 Å². The lowest BCUT2D eigenvalue weighted by Crippen LogP contribution is -2.06. The van der Waals surface area contributed by atoms with Gasteiger partial charge in [-0.3, -0.25) is 9.36 Å². The number of carbonyl (C=O) groups excluding carboxylic acids is 1. The molecule has 0 fully saturated rings. The third kappa shape index (κ3) is 3.00. The average molecular weight is 376 g/mol. The van der Waals surface area contributed by atoms with E-state index < -0.39 is 11.6 Å². The lowest BCUT2D eigenvalue weighted by molar-refractivity contribution is 0.111. The Labute approximate surface area is 152 Å². The fourth-order valence-electron chi connectivity index (χ4n) is 2.73. The standard InChI is InChI=1S/C18H12ClF2N3O2/c1-26-16-5-4-12(7-14(16)21)24-17(19)15(9-25)23-18(24)10-2-3-11(8-22)13(20)6-10/h2-3,6-7,9H,4-5H2,1H3. The molecule has 0 N–H and O–H groups in total. The SMILES string of the molecule is COC1=C(F)C=C(n2c(-c3ccc(C#N)c(F)c3)nc(C=O)c2Cl)CC1. The van der Waals surface area contributed by atoms with Crippen LogP contribution in [0, 0.1) is 17.1 Å². The van der Waals surface area contributed by atoms with Crippen molar-refractivity contribution in [1.29, 1.82) is 5.26 Å². The molecule has 0 amide bonds. The van der Waals surface area contributed by atoms with Crippen molar-refractivity contribution in [3.8, 4) is 17.5 Å². The van der Waals surface area contributed by atoms with Crippen LogP contribution in [-0.4, -0.2) is 22.9 Å². The van der Waals surface area contributed by atoms with Crippen LogP contribution in [0.2, 0.25) is 5.15 Å². The van der Waals surface area contributed by atoms with Crippen LogP contribution < -0.4 is 0 Å². The van der Waals surface area contributed by atoms with E-state index in [-0.39, 0.29) is 28.0 Å². The minimum atomic E-state index is -0.728. The summed E-state index contributed by atoms with van der Waals surface area (Å²) < 4.78 is 34.5. The molecule has 1 aliphatic rings. The number of rotatable bonds is 4. The van der Waals surface area contributed by atoms with Crippen LogP contribution in [0.1, 0.15) is 28.9 Å². The maximum absolute atomic E-state index is 14.1. The number of imidazole rings is 1. The summed E-state index contributed by atoms with van der Waals surface area (Å²) in [6.07, 6.45) is 2.41. The number of methoxy groups -OCH3 is 1. The van der Waals surface area contributed by atoms with Crippen LogP contribution in [0.3, 0.4) is 0 Å². The van der Waals surface area contributed by atoms with Crippen molar-refractivity contribution in [1.82, 2.24) is 9.55 Å². The van der Waals surface area contributed by atoms with Crippen molar-refractivity contribution in [2.45, 2.75) is 12.8 Å². The molecule has 26 heavy (non-hydrogen) atoms. The second kappa shape index (κ2) is 7.10. The molecule has 0 unspecified atom stereocenters. The summed E-state index contributed by atoms with van der Waals surface area (Å²) >= 11 is 6.24. The monoisotopic (exact) mass is 375 g/mol. The minimum Gasteiger partial charge on any atom is -0.498 e. The minimum absolute atomic E-state index is 0.000292. The Morgan fingerprint density at radius 3 is 2.73 bits per heavy atom. The fourth-order valence-corrected chi connectivity index (χ4v) is 3.00. The van der Waals surface area contributed by atoms with E-state index in [1.165, 1.54) is 29.9 Å². The summed E-state index contributed by atoms with van der Waals surface area (Å²) in [7, 11) is 1.38. The lowest BCUT2D eigenvalue weighted by Gasteiger charge is -2.18. The molecule has 1 heterocycles. The highest BCUT2D eigenvalue weighted by atomic mass is 35.5. The Bertz CT molecular complexity index is 1000. The van der Waals surface area contributed by atoms with Crippen LogP contribution >= 0.6 is 11.6 Å². The fraction of sp³-hybridized carbons (Fsp3) is 0.167. The summed E-state index contributed by atoms with van der Waals surface area (Å²) in [6, 6.07) is 5.64. The topological polar surface area (TPSA) is 67.9 Å². The van der Waals surface area contributed by atoms with Gasteiger partial charge in [0.15, 0.2) is 12.1 Å². The summed E-state index contributed by atoms with van der Waals surface area (Å²) in [4.78, 5) is 15.4. The van der Waals surface area contributed by atoms with Crippen LogP contribution in [0.15, 0.2) is 35.9 Å². The van der Waals surface area contributed by atoms with Gasteiger partial charge < -0.3 is 4.74 Å². The first-order valence-electron chi connectivity index (χ1n) is 7.57. The largest absolute Gasteiger partial charge is 0.498 e. The highest BCUT2D eigenvalue weighted by Gasteiger charge is 2.23. The maximum atomic E-state index is 14.1. The number of ether oxygens (including phenoxy) is 1. The Morgan fingerprint density at radius 2 is 2.15 bits per heavy atom. The number of aldehydes is 1. The van der Waals surface area contributed by atoms with E-state index in [0.29, 0.717) is 30.4 Å². The Morgan fingerprint density at radius 1 is 1.38 bits per heavy atom. The first-order valence-corrected chi connectivity index (χ1v) is 7.95. The molecule has 0 saturated heterocycles. The Kier molecular flexibility index (Phi) is 4.87. The highest BCUT2D eigenvalue weighted by Crippen LogP contribution is 2.35. The van der Waals surface area contributed by atoms with Gasteiger partial charge in [-0.25, -0.2) is 13.8 Å². The van der Waals surface area contributed by atoms with Crippen molar-refractivity contribution in [3.63, 3.8) is 0 Å². The predicted molar refractivity (Wildman–Crippen MR) is 91.4 cm³/mol. The van der Waals surface area contributed by atoms with E-state index in [0.717, 1.165) is 6.07 Å². The van der Waals surface area contributed by atoms with E-state index in [1.807, 2.05) is 0 Å². The second-order valence-corrected chi connectivity index (χ2v) is 5.84. The number of halogens is 3. The number of nitrogens with zero attached hydrogens (tertiary/aromatic N) is 3. The molecule has 0 atom stereocenters. The molecule has 0 saturated carbocycles. The van der Waals surface area contributed by atoms with E-state index in [9.17, 15) is 13.6 Å². The molecular weight excluding hydrogens is 364 g/mol. The number of aromatic nitrogens is 2. The van der Waals surface area contributed by atoms with Gasteiger partial charge in [0.25, 0.3) is 0 Å². The quantitative estimate of drug-likeness (QED) is 0.738. The number of nitriles is 1. The zero-order chi connectivity index (χ0) is 18.8. The van der Waals surface area contributed by atoms with E-state index >= 15 is 0 Å². The first kappa shape index (κ1) is 17.8. The molecule has 2 aromatic rings. The molecular formula is C18H12ClF2N3O2. The molecule has 0 aliphatic heterocycles. The van der Waals surface area contributed by atoms with E-state index in [4.69, 9.17) is 21.6 Å². The summed E-state index contributed by atoms with van der Waals surface area (Å²) in [5, 5.41) is 8.86. The number of hydrogen-bond donors (Lipinski definition) is 0. The van der Waals surface area contributed by atoms with Gasteiger partial charge in [0, 0.05) is 17.7 Å². The molecule has 1 aliphatic carbocycles. The molecule has 0 spiro atoms. The Hall–Kier alpha value is -2.98. The third-order valence-electron chi connectivity index (χ3n) is 4.01. The second-order valence-electron chi connectivity index (χ2n) is 5.48. The van der Waals surface area contributed by atoms with Crippen molar-refractivity contribution >= 4 is 23.6 Å². The molecule has 3 rings (SSSR count). The molecule has 0 radical (unpaired) electrons. The van der Waals surface area contributed by atoms with Crippen LogP contribution in [0.25, 0.3) is 17.1 Å². The number of carbonyl (C=O) groups is 1. The number of benzene rings is 1. The van der Waals surface area contributed by atoms with E-state index in [1.54, 1.807) is 6.07 Å². The van der Waals surface area contributed by atoms with Crippen molar-refractivity contribution < 1.29 is 18.3 Å². The van der Waals surface area contributed by atoms with Gasteiger partial charge in [-0.1, -0.05) is 11.6 Å². The highest BCUT2D eigenvalue weighted by molar-refractivity contribution is 6.32. The summed E-state index contributed by atoms with van der Waals surface area (Å²) in [5.41, 5.74) is 0.589. The van der Waals surface area contributed by atoms with Crippen LogP contribution in [-0.2, 0) is 4.74 Å². The zero-order valence-corrected chi connectivity index (χ0v) is 14.3. The van der Waals surface area contributed by atoms with Crippen LogP contribution in [0.4, 0.5) is 8.78 Å². The van der Waals surface area contributed by atoms with Gasteiger partial charge in [0.1, 0.15) is 34.3 Å². The van der Waals surface area contributed by atoms with Gasteiger partial charge in [0.05, 0.1) is 12.7 Å². The first-order chi connectivity index (χ1) is 12.5. The lowest BCUT2D eigenvalue weighted by atomic mass is 10.1. The van der Waals surface area contributed by atoms with Crippen molar-refractivity contribution in [2.75, 3.05) is 7.11 Å². The molecule has 1 aromatic heterocycles. The smallest absolute Gasteiger partial charge is 0.171 e.